The molecule has 2 aliphatic rings. The Morgan fingerprint density at radius 3 is 2.45 bits per heavy atom. The van der Waals surface area contributed by atoms with Crippen molar-refractivity contribution in [3.63, 3.8) is 0 Å². The molecule has 1 amide bonds. The van der Waals surface area contributed by atoms with Crippen LogP contribution in [0, 0.1) is 5.41 Å². The number of nitrogens with zero attached hydrogens (tertiary/aromatic N) is 2. The lowest BCUT2D eigenvalue weighted by molar-refractivity contribution is -0.141. The van der Waals surface area contributed by atoms with Crippen molar-refractivity contribution < 1.29 is 9.90 Å². The summed E-state index contributed by atoms with van der Waals surface area (Å²) in [6, 6.07) is 0.108. The maximum absolute atomic E-state index is 12.7. The van der Waals surface area contributed by atoms with Crippen LogP contribution in [0.25, 0.3) is 0 Å². The molecule has 2 fully saturated rings. The smallest absolute Gasteiger partial charge is 0.239 e. The Bertz CT molecular complexity index is 318. The zero-order valence-corrected chi connectivity index (χ0v) is 13.1. The Morgan fingerprint density at radius 1 is 1.20 bits per heavy atom. The van der Waals surface area contributed by atoms with Crippen LogP contribution >= 0.6 is 0 Å². The number of likely N-dealkylation sites (tertiary alicyclic amines) is 2. The molecule has 0 aromatic rings. The quantitative estimate of drug-likeness (QED) is 0.856. The van der Waals surface area contributed by atoms with Crippen LogP contribution in [0.3, 0.4) is 0 Å². The first-order valence-electron chi connectivity index (χ1n) is 8.29. The first-order chi connectivity index (χ1) is 9.65. The molecule has 1 unspecified atom stereocenters. The van der Waals surface area contributed by atoms with Crippen LogP contribution in [0.15, 0.2) is 0 Å². The molecule has 4 heteroatoms. The monoisotopic (exact) mass is 282 g/mol. The van der Waals surface area contributed by atoms with Crippen molar-refractivity contribution in [2.75, 3.05) is 32.8 Å². The fourth-order valence-electron chi connectivity index (χ4n) is 3.68. The van der Waals surface area contributed by atoms with Crippen LogP contribution in [0.2, 0.25) is 0 Å². The van der Waals surface area contributed by atoms with Crippen molar-refractivity contribution in [1.29, 1.82) is 0 Å². The van der Waals surface area contributed by atoms with Crippen molar-refractivity contribution in [2.45, 2.75) is 58.4 Å². The molecule has 2 heterocycles. The Hall–Kier alpha value is -0.610. The number of aliphatic hydroxyl groups is 1. The summed E-state index contributed by atoms with van der Waals surface area (Å²) >= 11 is 0. The number of carbonyl (C=O) groups is 1. The molecule has 116 valence electrons. The van der Waals surface area contributed by atoms with Gasteiger partial charge in [-0.3, -0.25) is 9.69 Å². The number of amides is 1. The first-order valence-corrected chi connectivity index (χ1v) is 8.29. The number of carbonyl (C=O) groups excluding carboxylic acids is 1. The third kappa shape index (κ3) is 3.17. The van der Waals surface area contributed by atoms with Crippen LogP contribution in [-0.4, -0.2) is 59.6 Å². The van der Waals surface area contributed by atoms with Gasteiger partial charge in [0.05, 0.1) is 6.04 Å². The molecule has 4 nitrogen and oxygen atoms in total. The van der Waals surface area contributed by atoms with Crippen LogP contribution in [0.5, 0.6) is 0 Å². The zero-order chi connectivity index (χ0) is 14.6. The fraction of sp³-hybridized carbons (Fsp3) is 0.938. The van der Waals surface area contributed by atoms with Gasteiger partial charge in [-0.15, -0.1) is 0 Å². The molecule has 0 saturated carbocycles. The Morgan fingerprint density at radius 2 is 1.90 bits per heavy atom. The van der Waals surface area contributed by atoms with Crippen molar-refractivity contribution in [2.24, 2.45) is 5.41 Å². The lowest BCUT2D eigenvalue weighted by Crippen LogP contribution is -2.53. The largest absolute Gasteiger partial charge is 0.396 e. The normalized spacial score (nSPS) is 27.6. The SMILES string of the molecule is CCN1CCCCC1C(=O)N1CCC(CC)(CO)CC1. The number of likely N-dealkylation sites (N-methyl/N-ethyl adjacent to an activating group) is 1. The van der Waals surface area contributed by atoms with Gasteiger partial charge < -0.3 is 10.0 Å². The van der Waals surface area contributed by atoms with Gasteiger partial charge in [0, 0.05) is 19.7 Å². The molecular weight excluding hydrogens is 252 g/mol. The molecule has 2 rings (SSSR count). The van der Waals surface area contributed by atoms with E-state index in [1.165, 1.54) is 12.8 Å². The summed E-state index contributed by atoms with van der Waals surface area (Å²) in [6.07, 6.45) is 6.32. The highest BCUT2D eigenvalue weighted by Crippen LogP contribution is 2.34. The van der Waals surface area contributed by atoms with E-state index in [2.05, 4.69) is 18.7 Å². The number of rotatable bonds is 4. The van der Waals surface area contributed by atoms with E-state index in [1.54, 1.807) is 0 Å². The molecule has 20 heavy (non-hydrogen) atoms. The van der Waals surface area contributed by atoms with Gasteiger partial charge in [-0.2, -0.15) is 0 Å². The second-order valence-electron chi connectivity index (χ2n) is 6.48. The lowest BCUT2D eigenvalue weighted by Gasteiger charge is -2.43. The Kier molecular flexibility index (Phi) is 5.44. The van der Waals surface area contributed by atoms with Crippen molar-refractivity contribution in [3.8, 4) is 0 Å². The maximum atomic E-state index is 12.7. The highest BCUT2D eigenvalue weighted by Gasteiger charge is 2.37. The summed E-state index contributed by atoms with van der Waals surface area (Å²) in [7, 11) is 0. The van der Waals surface area contributed by atoms with E-state index in [1.807, 2.05) is 4.90 Å². The molecular formula is C16H30N2O2. The lowest BCUT2D eigenvalue weighted by atomic mass is 9.77. The minimum atomic E-state index is 0.0633. The van der Waals surface area contributed by atoms with E-state index >= 15 is 0 Å². The number of hydrogen-bond donors (Lipinski definition) is 1. The summed E-state index contributed by atoms with van der Waals surface area (Å²) in [6.45, 7) is 8.23. The van der Waals surface area contributed by atoms with E-state index in [0.29, 0.717) is 5.91 Å². The van der Waals surface area contributed by atoms with Crippen LogP contribution in [0.1, 0.15) is 52.4 Å². The molecule has 2 aliphatic heterocycles. The molecule has 0 radical (unpaired) electrons. The summed E-state index contributed by atoms with van der Waals surface area (Å²) < 4.78 is 0. The average Bonchev–Trinajstić information content (AvgIpc) is 2.54. The predicted molar refractivity (Wildman–Crippen MR) is 80.5 cm³/mol. The van der Waals surface area contributed by atoms with Crippen molar-refractivity contribution in [3.05, 3.63) is 0 Å². The Balaban J connectivity index is 1.94. The van der Waals surface area contributed by atoms with E-state index in [-0.39, 0.29) is 18.1 Å². The molecule has 2 saturated heterocycles. The molecule has 1 atom stereocenters. The summed E-state index contributed by atoms with van der Waals surface area (Å²) in [5.74, 6) is 0.328. The predicted octanol–water partition coefficient (Wildman–Crippen LogP) is 1.87. The van der Waals surface area contributed by atoms with Gasteiger partial charge in [-0.05, 0) is 50.6 Å². The summed E-state index contributed by atoms with van der Waals surface area (Å²) in [5.41, 5.74) is 0.0633. The van der Waals surface area contributed by atoms with Gasteiger partial charge >= 0.3 is 0 Å². The van der Waals surface area contributed by atoms with E-state index in [9.17, 15) is 9.90 Å². The summed E-state index contributed by atoms with van der Waals surface area (Å²) in [5, 5.41) is 9.58. The van der Waals surface area contributed by atoms with Crippen LogP contribution in [0.4, 0.5) is 0 Å². The molecule has 0 aromatic heterocycles. The third-order valence-corrected chi connectivity index (χ3v) is 5.53. The van der Waals surface area contributed by atoms with Crippen molar-refractivity contribution >= 4 is 5.91 Å². The van der Waals surface area contributed by atoms with Crippen molar-refractivity contribution in [1.82, 2.24) is 9.80 Å². The number of aliphatic hydroxyl groups excluding tert-OH is 1. The molecule has 0 spiro atoms. The van der Waals surface area contributed by atoms with E-state index in [4.69, 9.17) is 0 Å². The standard InChI is InChI=1S/C16H30N2O2/c1-3-16(13-19)8-11-18(12-9-16)15(20)14-7-5-6-10-17(14)4-2/h14,19H,3-13H2,1-2H3. The molecule has 0 aliphatic carbocycles. The zero-order valence-electron chi connectivity index (χ0n) is 13.1. The third-order valence-electron chi connectivity index (χ3n) is 5.53. The maximum Gasteiger partial charge on any atom is 0.239 e. The van der Waals surface area contributed by atoms with Gasteiger partial charge in [0.15, 0.2) is 0 Å². The highest BCUT2D eigenvalue weighted by atomic mass is 16.3. The van der Waals surface area contributed by atoms with Gasteiger partial charge in [-0.1, -0.05) is 20.3 Å². The van der Waals surface area contributed by atoms with E-state index < -0.39 is 0 Å². The molecule has 0 bridgehead atoms. The van der Waals surface area contributed by atoms with Gasteiger partial charge in [0.1, 0.15) is 0 Å². The minimum absolute atomic E-state index is 0.0633. The fourth-order valence-corrected chi connectivity index (χ4v) is 3.68. The molecule has 1 N–H and O–H groups in total. The second kappa shape index (κ2) is 6.90. The average molecular weight is 282 g/mol. The minimum Gasteiger partial charge on any atom is -0.396 e. The van der Waals surface area contributed by atoms with Gasteiger partial charge in [0.2, 0.25) is 5.91 Å². The van der Waals surface area contributed by atoms with Crippen LogP contribution in [-0.2, 0) is 4.79 Å². The first kappa shape index (κ1) is 15.8. The van der Waals surface area contributed by atoms with E-state index in [0.717, 1.165) is 51.9 Å². The van der Waals surface area contributed by atoms with Gasteiger partial charge in [0.25, 0.3) is 0 Å². The number of hydrogen-bond acceptors (Lipinski definition) is 3. The highest BCUT2D eigenvalue weighted by molar-refractivity contribution is 5.82. The second-order valence-corrected chi connectivity index (χ2v) is 6.48. The Labute approximate surface area is 123 Å². The molecule has 0 aromatic carbocycles. The topological polar surface area (TPSA) is 43.8 Å². The van der Waals surface area contributed by atoms with Gasteiger partial charge in [-0.25, -0.2) is 0 Å². The van der Waals surface area contributed by atoms with Crippen LogP contribution < -0.4 is 0 Å². The summed E-state index contributed by atoms with van der Waals surface area (Å²) in [4.78, 5) is 17.1. The number of piperidine rings is 2.